The average Bonchev–Trinajstić information content (AvgIpc) is 2.53. The molecule has 0 aromatic heterocycles. The van der Waals surface area contributed by atoms with Gasteiger partial charge in [0.05, 0.1) is 7.11 Å². The van der Waals surface area contributed by atoms with Gasteiger partial charge >= 0.3 is 0 Å². The predicted molar refractivity (Wildman–Crippen MR) is 109 cm³/mol. The molecule has 3 nitrogen and oxygen atoms in total. The largest absolute Gasteiger partial charge is 0.496 e. The van der Waals surface area contributed by atoms with Crippen LogP contribution >= 0.6 is 0 Å². The van der Waals surface area contributed by atoms with Crippen molar-refractivity contribution in [3.8, 4) is 5.75 Å². The fourth-order valence-corrected chi connectivity index (χ4v) is 3.27. The first-order valence-corrected chi connectivity index (χ1v) is 9.08. The molecule has 0 bridgehead atoms. The molecule has 1 N–H and O–H groups in total. The molecule has 0 unspecified atom stereocenters. The van der Waals surface area contributed by atoms with Gasteiger partial charge in [-0.05, 0) is 52.1 Å². The maximum absolute atomic E-state index is 11.2. The number of methoxy groups -OCH3 is 1. The number of nitrogens with one attached hydrogen (secondary N) is 1. The molecule has 0 aliphatic heterocycles. The zero-order valence-corrected chi connectivity index (χ0v) is 17.1. The van der Waals surface area contributed by atoms with E-state index >= 15 is 0 Å². The highest BCUT2D eigenvalue weighted by Gasteiger charge is 2.24. The fraction of sp³-hybridized carbons (Fsp3) is 0.435. The van der Waals surface area contributed by atoms with Crippen molar-refractivity contribution in [2.24, 2.45) is 0 Å². The van der Waals surface area contributed by atoms with E-state index in [0.29, 0.717) is 0 Å². The minimum Gasteiger partial charge on any atom is -0.496 e. The highest BCUT2D eigenvalue weighted by atomic mass is 16.5. The number of hydrogen-bond donors (Lipinski definition) is 1. The van der Waals surface area contributed by atoms with Gasteiger partial charge in [-0.15, -0.1) is 0 Å². The molecule has 0 atom stereocenters. The van der Waals surface area contributed by atoms with Gasteiger partial charge in [0.15, 0.2) is 0 Å². The number of amides is 1. The lowest BCUT2D eigenvalue weighted by Crippen LogP contribution is -2.21. The number of rotatable bonds is 5. The van der Waals surface area contributed by atoms with Crippen molar-refractivity contribution >= 4 is 11.6 Å². The topological polar surface area (TPSA) is 38.3 Å². The van der Waals surface area contributed by atoms with Gasteiger partial charge in [0.2, 0.25) is 5.91 Å². The monoisotopic (exact) mass is 353 g/mol. The second kappa shape index (κ2) is 7.53. The Morgan fingerprint density at radius 2 is 1.62 bits per heavy atom. The van der Waals surface area contributed by atoms with E-state index in [9.17, 15) is 4.79 Å². The van der Waals surface area contributed by atoms with Crippen molar-refractivity contribution in [3.63, 3.8) is 0 Å². The molecule has 0 heterocycles. The minimum absolute atomic E-state index is 0.0154. The van der Waals surface area contributed by atoms with Gasteiger partial charge in [-0.1, -0.05) is 58.9 Å². The summed E-state index contributed by atoms with van der Waals surface area (Å²) in [5, 5.41) is 2.82. The summed E-state index contributed by atoms with van der Waals surface area (Å²) in [5.74, 6) is 0.892. The molecule has 0 aliphatic carbocycles. The van der Waals surface area contributed by atoms with Gasteiger partial charge in [0.25, 0.3) is 0 Å². The molecule has 2 aromatic carbocycles. The van der Waals surface area contributed by atoms with Gasteiger partial charge in [0, 0.05) is 12.6 Å². The van der Waals surface area contributed by atoms with Gasteiger partial charge in [-0.2, -0.15) is 0 Å². The molecule has 0 spiro atoms. The first-order valence-electron chi connectivity index (χ1n) is 9.08. The van der Waals surface area contributed by atoms with Crippen LogP contribution < -0.4 is 10.1 Å². The van der Waals surface area contributed by atoms with E-state index < -0.39 is 0 Å². The van der Waals surface area contributed by atoms with Gasteiger partial charge in [-0.25, -0.2) is 0 Å². The molecule has 140 valence electrons. The molecular weight excluding hydrogens is 322 g/mol. The van der Waals surface area contributed by atoms with Crippen molar-refractivity contribution in [3.05, 3.63) is 59.2 Å². The number of benzene rings is 2. The van der Waals surface area contributed by atoms with E-state index in [1.54, 1.807) is 7.11 Å². The lowest BCUT2D eigenvalue weighted by Gasteiger charge is -2.28. The molecule has 0 radical (unpaired) electrons. The Labute approximate surface area is 157 Å². The Morgan fingerprint density at radius 3 is 2.12 bits per heavy atom. The molecule has 0 saturated carbocycles. The van der Waals surface area contributed by atoms with Crippen LogP contribution in [0.5, 0.6) is 5.75 Å². The third-order valence-corrected chi connectivity index (χ3v) is 4.70. The SMILES string of the molecule is COc1ccc(CC(C)(C)c2ccc(NC(C)=O)cc2)cc1C(C)(C)C. The molecule has 0 aliphatic rings. The van der Waals surface area contributed by atoms with E-state index in [4.69, 9.17) is 4.74 Å². The van der Waals surface area contributed by atoms with Crippen molar-refractivity contribution < 1.29 is 9.53 Å². The van der Waals surface area contributed by atoms with Crippen LogP contribution in [0.4, 0.5) is 5.69 Å². The number of ether oxygens (including phenoxy) is 1. The maximum Gasteiger partial charge on any atom is 0.221 e. The quantitative estimate of drug-likeness (QED) is 0.774. The van der Waals surface area contributed by atoms with Crippen LogP contribution in [0, 0.1) is 0 Å². The summed E-state index contributed by atoms with van der Waals surface area (Å²) >= 11 is 0. The molecule has 26 heavy (non-hydrogen) atoms. The first-order chi connectivity index (χ1) is 12.0. The highest BCUT2D eigenvalue weighted by Crippen LogP contribution is 2.35. The summed E-state index contributed by atoms with van der Waals surface area (Å²) in [7, 11) is 1.73. The smallest absolute Gasteiger partial charge is 0.221 e. The fourth-order valence-electron chi connectivity index (χ4n) is 3.27. The Hall–Kier alpha value is -2.29. The van der Waals surface area contributed by atoms with Gasteiger partial charge < -0.3 is 10.1 Å². The van der Waals surface area contributed by atoms with Crippen LogP contribution in [0.25, 0.3) is 0 Å². The van der Waals surface area contributed by atoms with Gasteiger partial charge in [-0.3, -0.25) is 4.79 Å². The average molecular weight is 354 g/mol. The summed E-state index contributed by atoms with van der Waals surface area (Å²) in [6.07, 6.45) is 0.930. The minimum atomic E-state index is -0.0510. The number of carbonyl (C=O) groups is 1. The Bertz CT molecular complexity index is 768. The number of hydrogen-bond acceptors (Lipinski definition) is 2. The molecule has 3 heteroatoms. The Morgan fingerprint density at radius 1 is 1.00 bits per heavy atom. The molecule has 2 aromatic rings. The molecular formula is C23H31NO2. The van der Waals surface area contributed by atoms with E-state index in [0.717, 1.165) is 17.9 Å². The third-order valence-electron chi connectivity index (χ3n) is 4.70. The summed E-state index contributed by atoms with van der Waals surface area (Å²) in [6.45, 7) is 12.7. The van der Waals surface area contributed by atoms with Crippen LogP contribution in [0.15, 0.2) is 42.5 Å². The molecule has 0 saturated heterocycles. The normalized spacial score (nSPS) is 12.0. The number of carbonyl (C=O) groups excluding carboxylic acids is 1. The second-order valence-electron chi connectivity index (χ2n) is 8.60. The van der Waals surface area contributed by atoms with Crippen LogP contribution in [0.1, 0.15) is 58.2 Å². The van der Waals surface area contributed by atoms with Gasteiger partial charge in [0.1, 0.15) is 5.75 Å². The van der Waals surface area contributed by atoms with Crippen molar-refractivity contribution in [1.82, 2.24) is 0 Å². The third kappa shape index (κ3) is 4.87. The standard InChI is InChI=1S/C23H31NO2/c1-16(25)24-19-11-9-18(10-12-19)23(5,6)15-17-8-13-21(26-7)20(14-17)22(2,3)4/h8-14H,15H2,1-7H3,(H,24,25). The van der Waals surface area contributed by atoms with E-state index in [1.807, 2.05) is 12.1 Å². The number of anilines is 1. The predicted octanol–water partition coefficient (Wildman–Crippen LogP) is 5.47. The Balaban J connectivity index is 2.27. The second-order valence-corrected chi connectivity index (χ2v) is 8.60. The van der Waals surface area contributed by atoms with E-state index in [2.05, 4.69) is 70.3 Å². The summed E-state index contributed by atoms with van der Waals surface area (Å²) in [5.41, 5.74) is 4.63. The zero-order chi connectivity index (χ0) is 19.5. The first kappa shape index (κ1) is 20.0. The summed E-state index contributed by atoms with van der Waals surface area (Å²) < 4.78 is 5.55. The van der Waals surface area contributed by atoms with Crippen molar-refractivity contribution in [2.75, 3.05) is 12.4 Å². The van der Waals surface area contributed by atoms with Crippen LogP contribution in [-0.4, -0.2) is 13.0 Å². The van der Waals surface area contributed by atoms with E-state index in [1.165, 1.54) is 23.6 Å². The van der Waals surface area contributed by atoms with Crippen LogP contribution in [0.3, 0.4) is 0 Å². The summed E-state index contributed by atoms with van der Waals surface area (Å²) in [4.78, 5) is 11.2. The van der Waals surface area contributed by atoms with E-state index in [-0.39, 0.29) is 16.7 Å². The lowest BCUT2D eigenvalue weighted by molar-refractivity contribution is -0.114. The summed E-state index contributed by atoms with van der Waals surface area (Å²) in [6, 6.07) is 14.6. The van der Waals surface area contributed by atoms with Crippen LogP contribution in [-0.2, 0) is 22.0 Å². The highest BCUT2D eigenvalue weighted by molar-refractivity contribution is 5.88. The maximum atomic E-state index is 11.2. The Kier molecular flexibility index (Phi) is 5.80. The lowest BCUT2D eigenvalue weighted by atomic mass is 9.77. The van der Waals surface area contributed by atoms with Crippen LogP contribution in [0.2, 0.25) is 0 Å². The molecule has 2 rings (SSSR count). The van der Waals surface area contributed by atoms with Crippen molar-refractivity contribution in [2.45, 2.75) is 58.8 Å². The van der Waals surface area contributed by atoms with Crippen molar-refractivity contribution in [1.29, 1.82) is 0 Å². The zero-order valence-electron chi connectivity index (χ0n) is 17.1. The molecule has 0 fully saturated rings. The molecule has 1 amide bonds.